The Morgan fingerprint density at radius 3 is 2.62 bits per heavy atom. The van der Waals surface area contributed by atoms with Gasteiger partial charge in [0.25, 0.3) is 0 Å². The second-order valence-electron chi connectivity index (χ2n) is 8.61. The van der Waals surface area contributed by atoms with E-state index in [1.807, 2.05) is 6.92 Å². The first-order chi connectivity index (χ1) is 17.3. The van der Waals surface area contributed by atoms with E-state index in [1.165, 1.54) is 6.07 Å². The van der Waals surface area contributed by atoms with Crippen LogP contribution in [0.4, 0.5) is 13.2 Å². The number of carbonyl (C=O) groups is 1. The van der Waals surface area contributed by atoms with Crippen LogP contribution in [0, 0.1) is 0 Å². The van der Waals surface area contributed by atoms with Gasteiger partial charge in [0.1, 0.15) is 10.6 Å². The summed E-state index contributed by atoms with van der Waals surface area (Å²) in [5.74, 6) is -0.897. The molecule has 1 aromatic carbocycles. The molecular weight excluding hydrogens is 579 g/mol. The van der Waals surface area contributed by atoms with Crippen LogP contribution in [0.1, 0.15) is 45.1 Å². The Bertz CT molecular complexity index is 1310. The molecule has 200 valence electrons. The molecule has 0 saturated heterocycles. The predicted molar refractivity (Wildman–Crippen MR) is 134 cm³/mol. The zero-order valence-corrected chi connectivity index (χ0v) is 22.3. The van der Waals surface area contributed by atoms with Crippen molar-refractivity contribution in [3.63, 3.8) is 0 Å². The molecule has 1 aliphatic carbocycles. The summed E-state index contributed by atoms with van der Waals surface area (Å²) < 4.78 is 72.9. The second-order valence-corrected chi connectivity index (χ2v) is 11.2. The van der Waals surface area contributed by atoms with Gasteiger partial charge in [-0.05, 0) is 84.9 Å². The highest BCUT2D eigenvalue weighted by molar-refractivity contribution is 9.10. The molecule has 8 nitrogen and oxygen atoms in total. The Labute approximate surface area is 220 Å². The van der Waals surface area contributed by atoms with Crippen molar-refractivity contribution in [1.82, 2.24) is 9.71 Å². The summed E-state index contributed by atoms with van der Waals surface area (Å²) in [6, 6.07) is 4.29. The highest BCUT2D eigenvalue weighted by Crippen LogP contribution is 2.33. The van der Waals surface area contributed by atoms with Crippen LogP contribution in [-0.2, 0) is 21.0 Å². The summed E-state index contributed by atoms with van der Waals surface area (Å²) >= 11 is 3.21. The van der Waals surface area contributed by atoms with Gasteiger partial charge in [0.15, 0.2) is 0 Å². The molecule has 2 aromatic rings. The Balaban J connectivity index is 1.76. The normalized spacial score (nSPS) is 17.7. The maximum Gasteiger partial charge on any atom is 0.416 e. The van der Waals surface area contributed by atoms with Gasteiger partial charge in [-0.15, -0.1) is 0 Å². The number of ether oxygens (including phenoxy) is 1. The van der Waals surface area contributed by atoms with Crippen LogP contribution in [0.5, 0.6) is 11.6 Å². The van der Waals surface area contributed by atoms with E-state index >= 15 is 0 Å². The highest BCUT2D eigenvalue weighted by Gasteiger charge is 2.30. The molecule has 2 atom stereocenters. The molecular formula is C24H25BrF3N3O5S. The molecule has 13 heteroatoms. The topological polar surface area (TPSA) is 118 Å². The predicted octanol–water partition coefficient (Wildman–Crippen LogP) is 5.74. The van der Waals surface area contributed by atoms with E-state index in [4.69, 9.17) is 9.84 Å². The number of carboxylic acids is 1. The highest BCUT2D eigenvalue weighted by atomic mass is 79.9. The number of carboxylic acid groups (broad SMARTS) is 1. The van der Waals surface area contributed by atoms with E-state index in [1.54, 1.807) is 13.1 Å². The molecule has 0 radical (unpaired) electrons. The molecule has 1 heterocycles. The fourth-order valence-electron chi connectivity index (χ4n) is 3.71. The summed E-state index contributed by atoms with van der Waals surface area (Å²) in [4.78, 5) is 19.1. The first kappa shape index (κ1) is 28.8. The Kier molecular flexibility index (Phi) is 9.13. The molecule has 0 spiro atoms. The van der Waals surface area contributed by atoms with Gasteiger partial charge in [-0.25, -0.2) is 18.1 Å². The molecule has 1 aromatic heterocycles. The molecule has 0 amide bonds. The number of hydrogen-bond donors (Lipinski definition) is 2. The lowest BCUT2D eigenvalue weighted by atomic mass is 9.89. The van der Waals surface area contributed by atoms with Crippen molar-refractivity contribution < 1.29 is 36.2 Å². The molecule has 2 N–H and O–H groups in total. The lowest BCUT2D eigenvalue weighted by molar-refractivity contribution is -0.138. The molecule has 3 rings (SSSR count). The van der Waals surface area contributed by atoms with Gasteiger partial charge in [-0.2, -0.15) is 13.2 Å². The van der Waals surface area contributed by atoms with Crippen LogP contribution in [0.15, 0.2) is 62.0 Å². The fourth-order valence-corrected chi connectivity index (χ4v) is 5.51. The number of nitrogens with zero attached hydrogens (tertiary/aromatic N) is 2. The lowest BCUT2D eigenvalue weighted by Crippen LogP contribution is -2.38. The van der Waals surface area contributed by atoms with Gasteiger partial charge >= 0.3 is 12.1 Å². The Morgan fingerprint density at radius 2 is 2.03 bits per heavy atom. The average molecular weight is 604 g/mol. The molecule has 37 heavy (non-hydrogen) atoms. The third-order valence-electron chi connectivity index (χ3n) is 5.64. The first-order valence-electron chi connectivity index (χ1n) is 11.2. The van der Waals surface area contributed by atoms with Gasteiger partial charge < -0.3 is 9.84 Å². The number of alkyl halides is 3. The molecule has 0 fully saturated rings. The van der Waals surface area contributed by atoms with E-state index in [0.29, 0.717) is 12.0 Å². The summed E-state index contributed by atoms with van der Waals surface area (Å²) in [6.45, 7) is 3.55. The number of aliphatic imine (C=N–C) groups is 1. The number of sulfonamides is 1. The smallest absolute Gasteiger partial charge is 0.416 e. The fraction of sp³-hybridized carbons (Fsp3) is 0.375. The average Bonchev–Trinajstić information content (AvgIpc) is 2.79. The number of benzene rings is 1. The van der Waals surface area contributed by atoms with E-state index in [9.17, 15) is 26.4 Å². The minimum Gasteiger partial charge on any atom is -0.481 e. The first-order valence-corrected chi connectivity index (χ1v) is 13.5. The largest absolute Gasteiger partial charge is 0.481 e. The summed E-state index contributed by atoms with van der Waals surface area (Å²) in [5, 5.41) is 8.93. The molecule has 2 unspecified atom stereocenters. The van der Waals surface area contributed by atoms with Crippen LogP contribution in [0.3, 0.4) is 0 Å². The lowest BCUT2D eigenvalue weighted by Gasteiger charge is -2.26. The van der Waals surface area contributed by atoms with Crippen LogP contribution in [0.2, 0.25) is 0 Å². The van der Waals surface area contributed by atoms with Crippen molar-refractivity contribution in [2.45, 2.75) is 62.7 Å². The van der Waals surface area contributed by atoms with E-state index in [2.05, 4.69) is 30.6 Å². The zero-order chi connectivity index (χ0) is 27.4. The number of pyridine rings is 1. The van der Waals surface area contributed by atoms with Gasteiger partial charge in [0.05, 0.1) is 28.7 Å². The van der Waals surface area contributed by atoms with Crippen molar-refractivity contribution >= 4 is 38.1 Å². The number of halogens is 4. The molecule has 0 saturated carbocycles. The summed E-state index contributed by atoms with van der Waals surface area (Å²) in [7, 11) is -4.02. The van der Waals surface area contributed by atoms with E-state index < -0.39 is 39.8 Å². The van der Waals surface area contributed by atoms with E-state index in [-0.39, 0.29) is 27.4 Å². The van der Waals surface area contributed by atoms with Crippen LogP contribution >= 0.6 is 15.9 Å². The van der Waals surface area contributed by atoms with Crippen molar-refractivity contribution in [2.24, 2.45) is 4.99 Å². The van der Waals surface area contributed by atoms with Gasteiger partial charge in [0.2, 0.25) is 15.9 Å². The molecule has 0 bridgehead atoms. The number of nitrogens with one attached hydrogen (secondary N) is 1. The quantitative estimate of drug-likeness (QED) is 0.353. The van der Waals surface area contributed by atoms with E-state index in [0.717, 1.165) is 48.9 Å². The summed E-state index contributed by atoms with van der Waals surface area (Å²) in [6.07, 6.45) is 0.0988. The standard InChI is InChI=1S/C24H25BrF3N3O5S/c1-14-4-3-5-21(19(14)13-29-15(2)10-22(32)33)31-37(34,35)18-11-20(25)23(30-12-18)36-17-8-6-16(7-9-17)24(26,27)28/h6-9,11-13,15,21,31H,3-5,10H2,1-2H3,(H,32,33). The number of aliphatic carboxylic acids is 1. The monoisotopic (exact) mass is 603 g/mol. The number of aromatic nitrogens is 1. The minimum absolute atomic E-state index is 0.0210. The van der Waals surface area contributed by atoms with Crippen molar-refractivity contribution in [2.75, 3.05) is 0 Å². The third kappa shape index (κ3) is 7.86. The van der Waals surface area contributed by atoms with Crippen molar-refractivity contribution in [3.05, 3.63) is 57.7 Å². The number of hydrogen-bond acceptors (Lipinski definition) is 6. The van der Waals surface area contributed by atoms with Crippen molar-refractivity contribution in [3.8, 4) is 11.6 Å². The van der Waals surface area contributed by atoms with Gasteiger partial charge in [-0.1, -0.05) is 5.57 Å². The van der Waals surface area contributed by atoms with Crippen LogP contribution < -0.4 is 9.46 Å². The van der Waals surface area contributed by atoms with Crippen molar-refractivity contribution in [1.29, 1.82) is 0 Å². The molecule has 1 aliphatic rings. The number of allylic oxidation sites excluding steroid dienone is 1. The second kappa shape index (κ2) is 11.7. The number of rotatable bonds is 9. The summed E-state index contributed by atoms with van der Waals surface area (Å²) in [5.41, 5.74) is 0.832. The Morgan fingerprint density at radius 1 is 1.35 bits per heavy atom. The maximum atomic E-state index is 13.1. The molecule has 0 aliphatic heterocycles. The Hall–Kier alpha value is -2.77. The van der Waals surface area contributed by atoms with Crippen LogP contribution in [0.25, 0.3) is 0 Å². The van der Waals surface area contributed by atoms with Crippen LogP contribution in [-0.4, -0.2) is 42.8 Å². The maximum absolute atomic E-state index is 13.1. The minimum atomic E-state index is -4.48. The SMILES string of the molecule is CC1=C(C=NC(C)CC(=O)O)C(NS(=O)(=O)c2cnc(Oc3ccc(C(F)(F)F)cc3)c(Br)c2)CCC1. The van der Waals surface area contributed by atoms with Gasteiger partial charge in [0, 0.05) is 12.3 Å². The van der Waals surface area contributed by atoms with Gasteiger partial charge in [-0.3, -0.25) is 9.79 Å². The zero-order valence-electron chi connectivity index (χ0n) is 19.9. The third-order valence-corrected chi connectivity index (χ3v) is 7.64.